The van der Waals surface area contributed by atoms with Crippen LogP contribution in [0, 0.1) is 13.8 Å². The molecule has 0 aliphatic carbocycles. The van der Waals surface area contributed by atoms with Crippen LogP contribution in [0.3, 0.4) is 0 Å². The zero-order valence-corrected chi connectivity index (χ0v) is 17.3. The number of furan rings is 1. The number of benzene rings is 1. The molecule has 4 rings (SSSR count). The summed E-state index contributed by atoms with van der Waals surface area (Å²) >= 11 is 0. The van der Waals surface area contributed by atoms with Crippen molar-refractivity contribution in [3.63, 3.8) is 0 Å². The minimum atomic E-state index is 0. The van der Waals surface area contributed by atoms with Crippen LogP contribution in [0.2, 0.25) is 0 Å². The van der Waals surface area contributed by atoms with Gasteiger partial charge in [-0.25, -0.2) is 0 Å². The maximum atomic E-state index is 5.45. The van der Waals surface area contributed by atoms with Crippen molar-refractivity contribution in [1.29, 1.82) is 0 Å². The van der Waals surface area contributed by atoms with Gasteiger partial charge in [-0.1, -0.05) is 12.1 Å². The molecular formula is C20H25ClN6O2. The monoisotopic (exact) mass is 416 g/mol. The van der Waals surface area contributed by atoms with Crippen LogP contribution < -0.4 is 15.5 Å². The van der Waals surface area contributed by atoms with Gasteiger partial charge in [0.2, 0.25) is 17.8 Å². The van der Waals surface area contributed by atoms with E-state index >= 15 is 0 Å². The Morgan fingerprint density at radius 3 is 2.59 bits per heavy atom. The number of anilines is 4. The summed E-state index contributed by atoms with van der Waals surface area (Å²) in [5.41, 5.74) is 3.28. The lowest BCUT2D eigenvalue weighted by Crippen LogP contribution is -2.37. The quantitative estimate of drug-likeness (QED) is 0.628. The molecule has 2 N–H and O–H groups in total. The number of aryl methyl sites for hydroxylation is 2. The minimum absolute atomic E-state index is 0. The number of hydrogen-bond donors (Lipinski definition) is 2. The van der Waals surface area contributed by atoms with E-state index in [2.05, 4.69) is 62.5 Å². The van der Waals surface area contributed by atoms with Crippen LogP contribution in [-0.2, 0) is 11.3 Å². The van der Waals surface area contributed by atoms with Crippen molar-refractivity contribution in [2.24, 2.45) is 0 Å². The standard InChI is InChI=1S/C20H24N6O2.ClH/c1-14-5-6-15(2)17(12-14)22-19-23-18(21-13-16-4-3-9-28-16)24-20(25-19)26-7-10-27-11-8-26;/h3-6,9,12H,7-8,10-11,13H2,1-2H3,(H2,21,22,23,24,25);1H. The Bertz CT molecular complexity index is 929. The Kier molecular flexibility index (Phi) is 6.90. The minimum Gasteiger partial charge on any atom is -0.467 e. The van der Waals surface area contributed by atoms with Crippen LogP contribution in [0.5, 0.6) is 0 Å². The second kappa shape index (κ2) is 9.58. The molecule has 1 aliphatic rings. The van der Waals surface area contributed by atoms with Crippen molar-refractivity contribution >= 4 is 35.9 Å². The molecule has 0 unspecified atom stereocenters. The molecule has 0 spiro atoms. The van der Waals surface area contributed by atoms with Crippen molar-refractivity contribution < 1.29 is 9.15 Å². The molecule has 0 atom stereocenters. The van der Waals surface area contributed by atoms with E-state index in [0.29, 0.717) is 37.6 Å². The van der Waals surface area contributed by atoms with Gasteiger partial charge in [-0.15, -0.1) is 12.4 Å². The first kappa shape index (κ1) is 20.9. The molecule has 0 bridgehead atoms. The Morgan fingerprint density at radius 2 is 1.83 bits per heavy atom. The van der Waals surface area contributed by atoms with Crippen molar-refractivity contribution in [2.45, 2.75) is 20.4 Å². The molecular weight excluding hydrogens is 392 g/mol. The Hall–Kier alpha value is -2.84. The molecule has 1 saturated heterocycles. The number of ether oxygens (including phenoxy) is 1. The van der Waals surface area contributed by atoms with Crippen molar-refractivity contribution in [1.82, 2.24) is 15.0 Å². The third-order valence-electron chi connectivity index (χ3n) is 4.56. The summed E-state index contributed by atoms with van der Waals surface area (Å²) in [5.74, 6) is 2.46. The number of nitrogens with one attached hydrogen (secondary N) is 2. The molecule has 8 nitrogen and oxygen atoms in total. The second-order valence-corrected chi connectivity index (χ2v) is 6.76. The highest BCUT2D eigenvalue weighted by molar-refractivity contribution is 5.85. The zero-order valence-electron chi connectivity index (χ0n) is 16.5. The van der Waals surface area contributed by atoms with E-state index in [0.717, 1.165) is 30.1 Å². The van der Waals surface area contributed by atoms with Crippen LogP contribution in [-0.4, -0.2) is 41.3 Å². The first-order valence-electron chi connectivity index (χ1n) is 9.37. The smallest absolute Gasteiger partial charge is 0.233 e. The van der Waals surface area contributed by atoms with E-state index in [9.17, 15) is 0 Å². The maximum Gasteiger partial charge on any atom is 0.233 e. The summed E-state index contributed by atoms with van der Waals surface area (Å²) in [5, 5.41) is 6.57. The van der Waals surface area contributed by atoms with Crippen LogP contribution >= 0.6 is 12.4 Å². The fourth-order valence-corrected chi connectivity index (χ4v) is 2.97. The number of morpholine rings is 1. The summed E-state index contributed by atoms with van der Waals surface area (Å²) in [7, 11) is 0. The van der Waals surface area contributed by atoms with Crippen LogP contribution in [0.25, 0.3) is 0 Å². The first-order valence-corrected chi connectivity index (χ1v) is 9.37. The summed E-state index contributed by atoms with van der Waals surface area (Å²) in [6.45, 7) is 7.47. The number of aromatic nitrogens is 3. The third-order valence-corrected chi connectivity index (χ3v) is 4.56. The average Bonchev–Trinajstić information content (AvgIpc) is 3.23. The molecule has 3 aromatic rings. The highest BCUT2D eigenvalue weighted by Crippen LogP contribution is 2.22. The summed E-state index contributed by atoms with van der Waals surface area (Å²) < 4.78 is 10.8. The van der Waals surface area contributed by atoms with Gasteiger partial charge in [0.05, 0.1) is 26.0 Å². The second-order valence-electron chi connectivity index (χ2n) is 6.76. The predicted molar refractivity (Wildman–Crippen MR) is 115 cm³/mol. The first-order chi connectivity index (χ1) is 13.7. The van der Waals surface area contributed by atoms with Gasteiger partial charge < -0.3 is 24.7 Å². The summed E-state index contributed by atoms with van der Waals surface area (Å²) in [6.07, 6.45) is 1.65. The highest BCUT2D eigenvalue weighted by Gasteiger charge is 2.17. The SMILES string of the molecule is Cc1ccc(C)c(Nc2nc(NCc3ccco3)nc(N3CCOCC3)n2)c1.Cl. The van der Waals surface area contributed by atoms with Crippen LogP contribution in [0.4, 0.5) is 23.5 Å². The van der Waals surface area contributed by atoms with Crippen molar-refractivity contribution in [2.75, 3.05) is 41.8 Å². The van der Waals surface area contributed by atoms with Gasteiger partial charge >= 0.3 is 0 Å². The lowest BCUT2D eigenvalue weighted by molar-refractivity contribution is 0.122. The topological polar surface area (TPSA) is 88.3 Å². The van der Waals surface area contributed by atoms with Gasteiger partial charge in [0, 0.05) is 18.8 Å². The number of nitrogens with zero attached hydrogens (tertiary/aromatic N) is 4. The maximum absolute atomic E-state index is 5.45. The van der Waals surface area contributed by atoms with Crippen LogP contribution in [0.15, 0.2) is 41.0 Å². The van der Waals surface area contributed by atoms with Crippen molar-refractivity contribution in [3.05, 3.63) is 53.5 Å². The van der Waals surface area contributed by atoms with Gasteiger partial charge in [0.15, 0.2) is 0 Å². The molecule has 29 heavy (non-hydrogen) atoms. The van der Waals surface area contributed by atoms with Gasteiger partial charge in [-0.3, -0.25) is 0 Å². The van der Waals surface area contributed by atoms with E-state index in [1.165, 1.54) is 5.56 Å². The summed E-state index contributed by atoms with van der Waals surface area (Å²) in [4.78, 5) is 15.9. The molecule has 0 amide bonds. The van der Waals surface area contributed by atoms with Gasteiger partial charge in [-0.2, -0.15) is 15.0 Å². The molecule has 1 aliphatic heterocycles. The number of hydrogen-bond acceptors (Lipinski definition) is 8. The van der Waals surface area contributed by atoms with E-state index in [1.54, 1.807) is 6.26 Å². The lowest BCUT2D eigenvalue weighted by Gasteiger charge is -2.27. The van der Waals surface area contributed by atoms with E-state index in [1.807, 2.05) is 12.1 Å². The lowest BCUT2D eigenvalue weighted by atomic mass is 10.1. The Labute approximate surface area is 176 Å². The van der Waals surface area contributed by atoms with Gasteiger partial charge in [-0.05, 0) is 43.2 Å². The summed E-state index contributed by atoms with van der Waals surface area (Å²) in [6, 6.07) is 10.0. The highest BCUT2D eigenvalue weighted by atomic mass is 35.5. The number of rotatable bonds is 6. The molecule has 9 heteroatoms. The third kappa shape index (κ3) is 5.36. The molecule has 1 fully saturated rings. The fraction of sp³-hybridized carbons (Fsp3) is 0.350. The predicted octanol–water partition coefficient (Wildman–Crippen LogP) is 3.70. The molecule has 0 saturated carbocycles. The van der Waals surface area contributed by atoms with Crippen LogP contribution in [0.1, 0.15) is 16.9 Å². The Morgan fingerprint density at radius 1 is 1.03 bits per heavy atom. The zero-order chi connectivity index (χ0) is 19.3. The average molecular weight is 417 g/mol. The van der Waals surface area contributed by atoms with E-state index < -0.39 is 0 Å². The van der Waals surface area contributed by atoms with Gasteiger partial charge in [0.1, 0.15) is 5.76 Å². The molecule has 154 valence electrons. The van der Waals surface area contributed by atoms with E-state index in [4.69, 9.17) is 9.15 Å². The fourth-order valence-electron chi connectivity index (χ4n) is 2.97. The van der Waals surface area contributed by atoms with E-state index in [-0.39, 0.29) is 12.4 Å². The molecule has 1 aromatic carbocycles. The van der Waals surface area contributed by atoms with Gasteiger partial charge in [0.25, 0.3) is 0 Å². The van der Waals surface area contributed by atoms with Crippen molar-refractivity contribution in [3.8, 4) is 0 Å². The largest absolute Gasteiger partial charge is 0.467 e. The molecule has 3 heterocycles. The normalized spacial score (nSPS) is 13.7. The number of halogens is 1. The molecule has 0 radical (unpaired) electrons. The Balaban J connectivity index is 0.00000240. The molecule has 2 aromatic heterocycles.